The minimum absolute atomic E-state index is 0.148. The van der Waals surface area contributed by atoms with Crippen molar-refractivity contribution in [3.8, 4) is 0 Å². The molecule has 0 heterocycles. The van der Waals surface area contributed by atoms with Gasteiger partial charge in [-0.05, 0) is 51.5 Å². The minimum atomic E-state index is -2.91. The van der Waals surface area contributed by atoms with Gasteiger partial charge in [-0.3, -0.25) is 0 Å². The van der Waals surface area contributed by atoms with E-state index in [1.807, 2.05) is 0 Å². The molecule has 0 saturated heterocycles. The van der Waals surface area contributed by atoms with Gasteiger partial charge >= 0.3 is 0 Å². The van der Waals surface area contributed by atoms with Crippen LogP contribution < -0.4 is 5.32 Å². The van der Waals surface area contributed by atoms with Gasteiger partial charge in [-0.15, -0.1) is 0 Å². The van der Waals surface area contributed by atoms with Crippen LogP contribution in [0.25, 0.3) is 0 Å². The Balaban J connectivity index is 2.68. The molecule has 5 heteroatoms. The average Bonchev–Trinajstić information content (AvgIpc) is 2.42. The van der Waals surface area contributed by atoms with Crippen LogP contribution in [0.2, 0.25) is 0 Å². The number of nitrogens with one attached hydrogen (secondary N) is 1. The number of methoxy groups -OCH3 is 1. The zero-order valence-corrected chi connectivity index (χ0v) is 14.2. The normalized spacial score (nSPS) is 27.2. The van der Waals surface area contributed by atoms with Crippen molar-refractivity contribution in [3.05, 3.63) is 0 Å². The van der Waals surface area contributed by atoms with Crippen molar-refractivity contribution < 1.29 is 13.2 Å². The van der Waals surface area contributed by atoms with E-state index in [-0.39, 0.29) is 11.4 Å². The Morgan fingerprint density at radius 1 is 1.35 bits per heavy atom. The van der Waals surface area contributed by atoms with Crippen LogP contribution in [0.4, 0.5) is 0 Å². The fourth-order valence-corrected chi connectivity index (χ4v) is 4.35. The molecule has 1 rings (SSSR count). The lowest BCUT2D eigenvalue weighted by Crippen LogP contribution is -2.43. The maximum Gasteiger partial charge on any atom is 0.150 e. The van der Waals surface area contributed by atoms with E-state index >= 15 is 0 Å². The molecular formula is C15H31NO3S. The highest BCUT2D eigenvalue weighted by atomic mass is 32.2. The quantitative estimate of drug-likeness (QED) is 0.748. The van der Waals surface area contributed by atoms with Gasteiger partial charge in [0, 0.05) is 19.4 Å². The SMILES string of the molecule is CCCNC(CC(C)OC)C1CCCC(S(C)(=O)=O)C1. The Kier molecular flexibility index (Phi) is 7.48. The van der Waals surface area contributed by atoms with Crippen LogP contribution in [0.3, 0.4) is 0 Å². The number of sulfone groups is 1. The van der Waals surface area contributed by atoms with Gasteiger partial charge in [0.25, 0.3) is 0 Å². The zero-order valence-electron chi connectivity index (χ0n) is 13.4. The Morgan fingerprint density at radius 2 is 2.05 bits per heavy atom. The molecule has 1 N–H and O–H groups in total. The molecule has 0 aromatic heterocycles. The van der Waals surface area contributed by atoms with Gasteiger partial charge in [0.05, 0.1) is 11.4 Å². The molecule has 0 bridgehead atoms. The molecule has 4 unspecified atom stereocenters. The fourth-order valence-electron chi connectivity index (χ4n) is 3.16. The summed E-state index contributed by atoms with van der Waals surface area (Å²) in [5.41, 5.74) is 0. The number of hydrogen-bond acceptors (Lipinski definition) is 4. The first kappa shape index (κ1) is 17.9. The lowest BCUT2D eigenvalue weighted by molar-refractivity contribution is 0.0874. The van der Waals surface area contributed by atoms with Crippen molar-refractivity contribution in [1.29, 1.82) is 0 Å². The summed E-state index contributed by atoms with van der Waals surface area (Å²) in [6.45, 7) is 5.22. The van der Waals surface area contributed by atoms with Crippen LogP contribution in [0.5, 0.6) is 0 Å². The lowest BCUT2D eigenvalue weighted by Gasteiger charge is -2.35. The van der Waals surface area contributed by atoms with Gasteiger partial charge in [-0.2, -0.15) is 0 Å². The Hall–Kier alpha value is -0.130. The van der Waals surface area contributed by atoms with Crippen LogP contribution in [0.15, 0.2) is 0 Å². The van der Waals surface area contributed by atoms with E-state index in [2.05, 4.69) is 19.2 Å². The second-order valence-electron chi connectivity index (χ2n) is 6.22. The van der Waals surface area contributed by atoms with E-state index in [1.165, 1.54) is 6.26 Å². The van der Waals surface area contributed by atoms with Crippen molar-refractivity contribution in [2.24, 2.45) is 5.92 Å². The summed E-state index contributed by atoms with van der Waals surface area (Å²) in [7, 11) is -1.17. The average molecular weight is 305 g/mol. The topological polar surface area (TPSA) is 55.4 Å². The molecule has 1 saturated carbocycles. The molecule has 0 radical (unpaired) electrons. The standard InChI is InChI=1S/C15H31NO3S/c1-5-9-16-15(10-12(2)19-3)13-7-6-8-14(11-13)20(4,17)18/h12-16H,5-11H2,1-4H3. The predicted molar refractivity (Wildman–Crippen MR) is 83.8 cm³/mol. The molecule has 4 nitrogen and oxygen atoms in total. The maximum atomic E-state index is 11.8. The highest BCUT2D eigenvalue weighted by Gasteiger charge is 2.33. The van der Waals surface area contributed by atoms with Crippen molar-refractivity contribution in [2.45, 2.75) is 69.8 Å². The Bertz CT molecular complexity index is 369. The molecule has 1 aliphatic rings. The molecule has 0 aromatic rings. The van der Waals surface area contributed by atoms with Crippen LogP contribution in [-0.2, 0) is 14.6 Å². The van der Waals surface area contributed by atoms with Gasteiger partial charge in [-0.25, -0.2) is 8.42 Å². The maximum absolute atomic E-state index is 11.8. The molecule has 1 aliphatic carbocycles. The first-order chi connectivity index (χ1) is 9.38. The third-order valence-electron chi connectivity index (χ3n) is 4.49. The summed E-state index contributed by atoms with van der Waals surface area (Å²) in [4.78, 5) is 0. The van der Waals surface area contributed by atoms with Gasteiger partial charge in [0.2, 0.25) is 0 Å². The van der Waals surface area contributed by atoms with E-state index in [9.17, 15) is 8.42 Å². The zero-order chi connectivity index (χ0) is 15.2. The predicted octanol–water partition coefficient (Wildman–Crippen LogP) is 2.38. The summed E-state index contributed by atoms with van der Waals surface area (Å²) < 4.78 is 29.0. The molecule has 0 amide bonds. The number of ether oxygens (including phenoxy) is 1. The van der Waals surface area contributed by atoms with E-state index in [0.29, 0.717) is 12.0 Å². The smallest absolute Gasteiger partial charge is 0.150 e. The second kappa shape index (κ2) is 8.35. The molecule has 4 atom stereocenters. The van der Waals surface area contributed by atoms with Gasteiger partial charge in [0.1, 0.15) is 9.84 Å². The summed E-state index contributed by atoms with van der Waals surface area (Å²) in [5.74, 6) is 0.452. The third-order valence-corrected chi connectivity index (χ3v) is 6.13. The van der Waals surface area contributed by atoms with Crippen LogP contribution in [-0.4, -0.2) is 45.7 Å². The fraction of sp³-hybridized carbons (Fsp3) is 1.00. The summed E-state index contributed by atoms with van der Waals surface area (Å²) in [6, 6.07) is 0.370. The van der Waals surface area contributed by atoms with Crippen LogP contribution in [0, 0.1) is 5.92 Å². The van der Waals surface area contributed by atoms with E-state index in [4.69, 9.17) is 4.74 Å². The van der Waals surface area contributed by atoms with Crippen molar-refractivity contribution in [3.63, 3.8) is 0 Å². The van der Waals surface area contributed by atoms with Crippen molar-refractivity contribution >= 4 is 9.84 Å². The molecular weight excluding hydrogens is 274 g/mol. The van der Waals surface area contributed by atoms with Crippen LogP contribution >= 0.6 is 0 Å². The first-order valence-corrected chi connectivity index (χ1v) is 9.79. The highest BCUT2D eigenvalue weighted by Crippen LogP contribution is 2.32. The van der Waals surface area contributed by atoms with E-state index in [1.54, 1.807) is 7.11 Å². The lowest BCUT2D eigenvalue weighted by atomic mass is 9.81. The monoisotopic (exact) mass is 305 g/mol. The van der Waals surface area contributed by atoms with E-state index in [0.717, 1.165) is 45.1 Å². The molecule has 0 aromatic carbocycles. The van der Waals surface area contributed by atoms with Crippen LogP contribution in [0.1, 0.15) is 52.4 Å². The van der Waals surface area contributed by atoms with E-state index < -0.39 is 9.84 Å². The summed E-state index contributed by atoms with van der Waals surface area (Å²) in [6.07, 6.45) is 7.43. The number of rotatable bonds is 8. The van der Waals surface area contributed by atoms with Gasteiger partial charge < -0.3 is 10.1 Å². The summed E-state index contributed by atoms with van der Waals surface area (Å²) >= 11 is 0. The Morgan fingerprint density at radius 3 is 2.60 bits per heavy atom. The van der Waals surface area contributed by atoms with Crippen molar-refractivity contribution in [1.82, 2.24) is 5.32 Å². The largest absolute Gasteiger partial charge is 0.382 e. The van der Waals surface area contributed by atoms with Crippen molar-refractivity contribution in [2.75, 3.05) is 19.9 Å². The molecule has 1 fully saturated rings. The highest BCUT2D eigenvalue weighted by molar-refractivity contribution is 7.91. The van der Waals surface area contributed by atoms with Gasteiger partial charge in [-0.1, -0.05) is 13.3 Å². The Labute approximate surface area is 124 Å². The molecule has 0 aliphatic heterocycles. The molecule has 120 valence electrons. The van der Waals surface area contributed by atoms with Gasteiger partial charge in [0.15, 0.2) is 0 Å². The molecule has 0 spiro atoms. The minimum Gasteiger partial charge on any atom is -0.382 e. The third kappa shape index (κ3) is 5.70. The number of hydrogen-bond donors (Lipinski definition) is 1. The second-order valence-corrected chi connectivity index (χ2v) is 8.55. The summed E-state index contributed by atoms with van der Waals surface area (Å²) in [5, 5.41) is 3.45. The molecule has 20 heavy (non-hydrogen) atoms. The first-order valence-electron chi connectivity index (χ1n) is 7.83.